The van der Waals surface area contributed by atoms with Crippen LogP contribution in [0.3, 0.4) is 0 Å². The molecule has 8 nitrogen and oxygen atoms in total. The average Bonchev–Trinajstić information content (AvgIpc) is 3.25. The molecular formula is C19H16N4O4. The molecule has 0 N–H and O–H groups in total. The third kappa shape index (κ3) is 3.29. The van der Waals surface area contributed by atoms with Crippen molar-refractivity contribution in [2.24, 2.45) is 0 Å². The molecule has 27 heavy (non-hydrogen) atoms. The van der Waals surface area contributed by atoms with E-state index in [9.17, 15) is 4.79 Å². The SMILES string of the molecule is Cc1ccc(-c2cc(C(=O)OCc3nc(C)no3)c3c(C)noc3n2)cc1. The molecule has 0 amide bonds. The molecule has 0 saturated heterocycles. The van der Waals surface area contributed by atoms with Crippen molar-refractivity contribution in [1.82, 2.24) is 20.3 Å². The van der Waals surface area contributed by atoms with Gasteiger partial charge in [0, 0.05) is 5.56 Å². The minimum atomic E-state index is -0.544. The number of hydrogen-bond acceptors (Lipinski definition) is 8. The van der Waals surface area contributed by atoms with E-state index in [2.05, 4.69) is 20.3 Å². The fourth-order valence-corrected chi connectivity index (χ4v) is 2.73. The second-order valence-electron chi connectivity index (χ2n) is 6.18. The maximum absolute atomic E-state index is 12.7. The molecule has 0 atom stereocenters. The molecule has 4 rings (SSSR count). The maximum atomic E-state index is 12.7. The van der Waals surface area contributed by atoms with Crippen LogP contribution in [-0.4, -0.2) is 26.3 Å². The Hall–Kier alpha value is -3.55. The monoisotopic (exact) mass is 364 g/mol. The molecule has 136 valence electrons. The van der Waals surface area contributed by atoms with E-state index in [1.807, 2.05) is 31.2 Å². The van der Waals surface area contributed by atoms with Gasteiger partial charge in [-0.05, 0) is 26.8 Å². The Labute approximate surface area is 154 Å². The third-order valence-corrected chi connectivity index (χ3v) is 4.08. The molecule has 8 heteroatoms. The zero-order chi connectivity index (χ0) is 19.0. The normalized spacial score (nSPS) is 11.1. The summed E-state index contributed by atoms with van der Waals surface area (Å²) in [6.45, 7) is 5.32. The summed E-state index contributed by atoms with van der Waals surface area (Å²) in [6.07, 6.45) is 0. The first-order chi connectivity index (χ1) is 13.0. The van der Waals surface area contributed by atoms with Gasteiger partial charge in [-0.2, -0.15) is 4.98 Å². The number of rotatable bonds is 4. The smallest absolute Gasteiger partial charge is 0.339 e. The summed E-state index contributed by atoms with van der Waals surface area (Å²) in [5, 5.41) is 8.12. The van der Waals surface area contributed by atoms with Gasteiger partial charge in [0.15, 0.2) is 12.4 Å². The lowest BCUT2D eigenvalue weighted by Gasteiger charge is -2.07. The highest BCUT2D eigenvalue weighted by molar-refractivity contribution is 6.04. The zero-order valence-electron chi connectivity index (χ0n) is 15.0. The number of pyridine rings is 1. The Morgan fingerprint density at radius 3 is 2.52 bits per heavy atom. The highest BCUT2D eigenvalue weighted by Crippen LogP contribution is 2.28. The fourth-order valence-electron chi connectivity index (χ4n) is 2.73. The van der Waals surface area contributed by atoms with Gasteiger partial charge >= 0.3 is 5.97 Å². The van der Waals surface area contributed by atoms with Crippen molar-refractivity contribution >= 4 is 17.1 Å². The third-order valence-electron chi connectivity index (χ3n) is 4.08. The first kappa shape index (κ1) is 16.9. The molecular weight excluding hydrogens is 348 g/mol. The number of nitrogens with zero attached hydrogens (tertiary/aromatic N) is 4. The predicted molar refractivity (Wildman–Crippen MR) is 94.9 cm³/mol. The Morgan fingerprint density at radius 1 is 1.04 bits per heavy atom. The summed E-state index contributed by atoms with van der Waals surface area (Å²) in [5.74, 6) is 0.161. The number of hydrogen-bond donors (Lipinski definition) is 0. The summed E-state index contributed by atoms with van der Waals surface area (Å²) >= 11 is 0. The Balaban J connectivity index is 1.72. The lowest BCUT2D eigenvalue weighted by atomic mass is 10.0. The van der Waals surface area contributed by atoms with Gasteiger partial charge in [-0.1, -0.05) is 40.1 Å². The highest BCUT2D eigenvalue weighted by Gasteiger charge is 2.21. The predicted octanol–water partition coefficient (Wildman–Crippen LogP) is 3.56. The van der Waals surface area contributed by atoms with Crippen molar-refractivity contribution < 1.29 is 18.6 Å². The van der Waals surface area contributed by atoms with Crippen LogP contribution >= 0.6 is 0 Å². The Bertz CT molecular complexity index is 1130. The number of benzene rings is 1. The van der Waals surface area contributed by atoms with Gasteiger partial charge in [0.2, 0.25) is 0 Å². The van der Waals surface area contributed by atoms with E-state index in [4.69, 9.17) is 13.8 Å². The largest absolute Gasteiger partial charge is 0.452 e. The van der Waals surface area contributed by atoms with Gasteiger partial charge in [0.05, 0.1) is 22.3 Å². The minimum Gasteiger partial charge on any atom is -0.452 e. The highest BCUT2D eigenvalue weighted by atomic mass is 16.6. The van der Waals surface area contributed by atoms with Gasteiger partial charge < -0.3 is 13.8 Å². The number of aryl methyl sites for hydroxylation is 3. The molecule has 0 spiro atoms. The van der Waals surface area contributed by atoms with Crippen molar-refractivity contribution in [3.05, 3.63) is 58.9 Å². The number of fused-ring (bicyclic) bond motifs is 1. The number of aromatic nitrogens is 4. The summed E-state index contributed by atoms with van der Waals surface area (Å²) in [7, 11) is 0. The van der Waals surface area contributed by atoms with Gasteiger partial charge in [-0.25, -0.2) is 9.78 Å². The van der Waals surface area contributed by atoms with Crippen molar-refractivity contribution in [2.45, 2.75) is 27.4 Å². The number of esters is 1. The number of carbonyl (C=O) groups is 1. The van der Waals surface area contributed by atoms with Gasteiger partial charge in [-0.15, -0.1) is 0 Å². The summed E-state index contributed by atoms with van der Waals surface area (Å²) in [5.41, 5.74) is 3.76. The van der Waals surface area contributed by atoms with E-state index in [0.717, 1.165) is 11.1 Å². The molecule has 0 unspecified atom stereocenters. The van der Waals surface area contributed by atoms with Crippen LogP contribution in [0.25, 0.3) is 22.4 Å². The number of carbonyl (C=O) groups excluding carboxylic acids is 1. The van der Waals surface area contributed by atoms with Crippen LogP contribution in [-0.2, 0) is 11.3 Å². The second-order valence-corrected chi connectivity index (χ2v) is 6.18. The van der Waals surface area contributed by atoms with Crippen LogP contribution in [0.5, 0.6) is 0 Å². The van der Waals surface area contributed by atoms with E-state index >= 15 is 0 Å². The van der Waals surface area contributed by atoms with Crippen LogP contribution in [0, 0.1) is 20.8 Å². The summed E-state index contributed by atoms with van der Waals surface area (Å²) in [4.78, 5) is 21.2. The van der Waals surface area contributed by atoms with Crippen LogP contribution < -0.4 is 0 Å². The molecule has 0 radical (unpaired) electrons. The molecule has 1 aromatic carbocycles. The van der Waals surface area contributed by atoms with E-state index in [1.54, 1.807) is 19.9 Å². The van der Waals surface area contributed by atoms with Crippen LogP contribution in [0.1, 0.15) is 33.3 Å². The topological polar surface area (TPSA) is 104 Å². The van der Waals surface area contributed by atoms with Crippen molar-refractivity contribution in [3.63, 3.8) is 0 Å². The number of ether oxygens (including phenoxy) is 1. The minimum absolute atomic E-state index is 0.117. The Morgan fingerprint density at radius 2 is 1.81 bits per heavy atom. The van der Waals surface area contributed by atoms with Crippen molar-refractivity contribution in [3.8, 4) is 11.3 Å². The van der Waals surface area contributed by atoms with Gasteiger partial charge in [0.25, 0.3) is 11.6 Å². The van der Waals surface area contributed by atoms with E-state index < -0.39 is 5.97 Å². The maximum Gasteiger partial charge on any atom is 0.339 e. The zero-order valence-corrected chi connectivity index (χ0v) is 15.0. The fraction of sp³-hybridized carbons (Fsp3) is 0.211. The molecule has 4 aromatic rings. The average molecular weight is 364 g/mol. The van der Waals surface area contributed by atoms with E-state index in [-0.39, 0.29) is 18.2 Å². The summed E-state index contributed by atoms with van der Waals surface area (Å²) in [6, 6.07) is 9.50. The molecule has 3 heterocycles. The van der Waals surface area contributed by atoms with E-state index in [0.29, 0.717) is 28.2 Å². The van der Waals surface area contributed by atoms with Crippen LogP contribution in [0.4, 0.5) is 0 Å². The van der Waals surface area contributed by atoms with E-state index in [1.165, 1.54) is 0 Å². The lowest BCUT2D eigenvalue weighted by Crippen LogP contribution is -2.07. The van der Waals surface area contributed by atoms with Gasteiger partial charge in [0.1, 0.15) is 0 Å². The summed E-state index contributed by atoms with van der Waals surface area (Å²) < 4.78 is 15.6. The second kappa shape index (κ2) is 6.64. The lowest BCUT2D eigenvalue weighted by molar-refractivity contribution is 0.0432. The molecule has 0 aliphatic rings. The van der Waals surface area contributed by atoms with Crippen LogP contribution in [0.15, 0.2) is 39.4 Å². The quantitative estimate of drug-likeness (QED) is 0.506. The molecule has 3 aromatic heterocycles. The Kier molecular flexibility index (Phi) is 4.15. The molecule has 0 saturated carbocycles. The van der Waals surface area contributed by atoms with Crippen molar-refractivity contribution in [1.29, 1.82) is 0 Å². The molecule has 0 fully saturated rings. The van der Waals surface area contributed by atoms with Gasteiger partial charge in [-0.3, -0.25) is 0 Å². The van der Waals surface area contributed by atoms with Crippen molar-refractivity contribution in [2.75, 3.05) is 0 Å². The first-order valence-electron chi connectivity index (χ1n) is 8.31. The molecule has 0 bridgehead atoms. The molecule has 0 aliphatic carbocycles. The first-order valence-corrected chi connectivity index (χ1v) is 8.31. The standard InChI is InChI=1S/C19H16N4O4/c1-10-4-6-13(7-5-10)15-8-14(17-11(2)22-27-18(17)21-15)19(24)25-9-16-20-12(3)23-26-16/h4-8H,9H2,1-3H3. The molecule has 0 aliphatic heterocycles. The van der Waals surface area contributed by atoms with Crippen LogP contribution in [0.2, 0.25) is 0 Å².